The third-order valence-corrected chi connectivity index (χ3v) is 6.46. The Morgan fingerprint density at radius 3 is 2.47 bits per heavy atom. The molecule has 0 aliphatic carbocycles. The van der Waals surface area contributed by atoms with Crippen LogP contribution in [0.5, 0.6) is 17.2 Å². The summed E-state index contributed by atoms with van der Waals surface area (Å²) in [5.41, 5.74) is 4.74. The Kier molecular flexibility index (Phi) is 8.24. The van der Waals surface area contributed by atoms with Gasteiger partial charge in [-0.25, -0.2) is 0 Å². The first-order chi connectivity index (χ1) is 17.5. The van der Waals surface area contributed by atoms with Crippen LogP contribution in [0.2, 0.25) is 0 Å². The Balaban J connectivity index is 1.47. The van der Waals surface area contributed by atoms with Crippen molar-refractivity contribution in [2.24, 2.45) is 0 Å². The summed E-state index contributed by atoms with van der Waals surface area (Å²) in [6.07, 6.45) is 1.71. The van der Waals surface area contributed by atoms with Gasteiger partial charge in [0.1, 0.15) is 12.4 Å². The van der Waals surface area contributed by atoms with Gasteiger partial charge in [-0.05, 0) is 72.7 Å². The van der Waals surface area contributed by atoms with Crippen LogP contribution in [0, 0.1) is 0 Å². The Bertz CT molecular complexity index is 1290. The predicted molar refractivity (Wildman–Crippen MR) is 144 cm³/mol. The quantitative estimate of drug-likeness (QED) is 0.306. The van der Waals surface area contributed by atoms with Crippen LogP contribution < -0.4 is 19.6 Å². The zero-order chi connectivity index (χ0) is 25.5. The van der Waals surface area contributed by atoms with Crippen molar-refractivity contribution >= 4 is 46.2 Å². The number of carbonyl (C=O) groups is 2. The normalized spacial score (nSPS) is 14.2. The van der Waals surface area contributed by atoms with E-state index >= 15 is 0 Å². The van der Waals surface area contributed by atoms with Gasteiger partial charge < -0.3 is 14.2 Å². The van der Waals surface area contributed by atoms with Crippen molar-refractivity contribution in [1.82, 2.24) is 10.4 Å². The average molecular weight is 521 g/mol. The van der Waals surface area contributed by atoms with Gasteiger partial charge in [-0.15, -0.1) is 0 Å². The fraction of sp³-hybridized carbons (Fsp3) is 0.148. The Hall–Kier alpha value is -3.82. The number of methoxy groups -OCH3 is 1. The summed E-state index contributed by atoms with van der Waals surface area (Å²) in [6, 6.07) is 21.9. The van der Waals surface area contributed by atoms with E-state index in [0.717, 1.165) is 27.9 Å². The lowest BCUT2D eigenvalue weighted by Crippen LogP contribution is -2.44. The van der Waals surface area contributed by atoms with Crippen molar-refractivity contribution in [1.29, 1.82) is 0 Å². The Labute approximate surface area is 219 Å². The first-order valence-electron chi connectivity index (χ1n) is 11.1. The molecule has 0 saturated carbocycles. The zero-order valence-corrected chi connectivity index (χ0v) is 21.4. The molecule has 36 heavy (non-hydrogen) atoms. The molecule has 0 aromatic heterocycles. The summed E-state index contributed by atoms with van der Waals surface area (Å²) in [5.74, 6) is 0.952. The number of rotatable bonds is 9. The summed E-state index contributed by atoms with van der Waals surface area (Å²) in [6.45, 7) is 2.77. The van der Waals surface area contributed by atoms with E-state index < -0.39 is 11.8 Å². The van der Waals surface area contributed by atoms with Crippen molar-refractivity contribution < 1.29 is 23.8 Å². The van der Waals surface area contributed by atoms with Gasteiger partial charge in [0.2, 0.25) is 0 Å². The molecule has 3 aromatic rings. The van der Waals surface area contributed by atoms with Gasteiger partial charge in [-0.2, -0.15) is 5.01 Å². The molecule has 0 spiro atoms. The molecular formula is C27H24N2O5S2. The number of ether oxygens (including phenoxy) is 3. The number of nitrogens with zero attached hydrogens (tertiary/aromatic N) is 1. The third kappa shape index (κ3) is 6.05. The Morgan fingerprint density at radius 2 is 1.78 bits per heavy atom. The number of hydrazine groups is 1. The molecule has 2 amide bonds. The second-order valence-corrected chi connectivity index (χ2v) is 9.28. The number of hydrogen-bond acceptors (Lipinski definition) is 7. The van der Waals surface area contributed by atoms with Gasteiger partial charge in [0.05, 0.1) is 18.6 Å². The van der Waals surface area contributed by atoms with E-state index in [-0.39, 0.29) is 4.32 Å². The highest BCUT2D eigenvalue weighted by molar-refractivity contribution is 8.26. The minimum Gasteiger partial charge on any atom is -0.497 e. The molecule has 7 nitrogen and oxygen atoms in total. The standard InChI is InChI=1S/C27H24N2O5S2/c1-3-33-23-15-19(9-14-22(23)34-17-18-7-5-4-6-8-18)16-24-26(31)29(27(35)36-24)28-25(30)20-10-12-21(32-2)13-11-20/h4-16H,3,17H2,1-2H3,(H,28,30)/b24-16+. The van der Waals surface area contributed by atoms with Crippen molar-refractivity contribution in [2.45, 2.75) is 13.5 Å². The second-order valence-electron chi connectivity index (χ2n) is 7.60. The molecule has 1 aliphatic rings. The van der Waals surface area contributed by atoms with Crippen molar-refractivity contribution in [3.8, 4) is 17.2 Å². The van der Waals surface area contributed by atoms with Gasteiger partial charge >= 0.3 is 0 Å². The number of hydrogen-bond donors (Lipinski definition) is 1. The maximum Gasteiger partial charge on any atom is 0.285 e. The number of thiocarbonyl (C=S) groups is 1. The minimum atomic E-state index is -0.450. The number of nitrogens with one attached hydrogen (secondary N) is 1. The molecule has 184 valence electrons. The molecule has 0 atom stereocenters. The van der Waals surface area contributed by atoms with Gasteiger partial charge in [0.25, 0.3) is 11.8 Å². The maximum atomic E-state index is 13.0. The number of amides is 2. The van der Waals surface area contributed by atoms with E-state index in [1.165, 1.54) is 0 Å². The molecule has 1 aliphatic heterocycles. The highest BCUT2D eigenvalue weighted by Crippen LogP contribution is 2.34. The number of thioether (sulfide) groups is 1. The lowest BCUT2D eigenvalue weighted by Gasteiger charge is -2.15. The smallest absolute Gasteiger partial charge is 0.285 e. The number of benzene rings is 3. The average Bonchev–Trinajstić information content (AvgIpc) is 3.16. The van der Waals surface area contributed by atoms with E-state index in [9.17, 15) is 9.59 Å². The first kappa shape index (κ1) is 25.3. The van der Waals surface area contributed by atoms with Crippen LogP contribution in [0.4, 0.5) is 0 Å². The van der Waals surface area contributed by atoms with Crippen LogP contribution in [-0.2, 0) is 11.4 Å². The van der Waals surface area contributed by atoms with Crippen LogP contribution in [0.25, 0.3) is 6.08 Å². The van der Waals surface area contributed by atoms with Gasteiger partial charge in [0, 0.05) is 5.56 Å². The van der Waals surface area contributed by atoms with E-state index in [2.05, 4.69) is 5.43 Å². The lowest BCUT2D eigenvalue weighted by molar-refractivity contribution is -0.123. The van der Waals surface area contributed by atoms with Crippen LogP contribution in [0.15, 0.2) is 77.7 Å². The first-order valence-corrected chi connectivity index (χ1v) is 12.4. The van der Waals surface area contributed by atoms with E-state index in [4.69, 9.17) is 26.4 Å². The largest absolute Gasteiger partial charge is 0.497 e. The van der Waals surface area contributed by atoms with Gasteiger partial charge in [0.15, 0.2) is 15.8 Å². The monoisotopic (exact) mass is 520 g/mol. The van der Waals surface area contributed by atoms with E-state index in [1.807, 2.05) is 55.5 Å². The molecule has 1 N–H and O–H groups in total. The number of carbonyl (C=O) groups excluding carboxylic acids is 2. The predicted octanol–water partition coefficient (Wildman–Crippen LogP) is 5.22. The van der Waals surface area contributed by atoms with Crippen LogP contribution in [0.1, 0.15) is 28.4 Å². The molecule has 0 unspecified atom stereocenters. The van der Waals surface area contributed by atoms with E-state index in [0.29, 0.717) is 40.9 Å². The highest BCUT2D eigenvalue weighted by atomic mass is 32.2. The Morgan fingerprint density at radius 1 is 1.03 bits per heavy atom. The van der Waals surface area contributed by atoms with Crippen molar-refractivity contribution in [3.63, 3.8) is 0 Å². The van der Waals surface area contributed by atoms with Crippen molar-refractivity contribution in [2.75, 3.05) is 13.7 Å². The fourth-order valence-electron chi connectivity index (χ4n) is 3.36. The molecule has 3 aromatic carbocycles. The zero-order valence-electron chi connectivity index (χ0n) is 19.7. The van der Waals surface area contributed by atoms with Gasteiger partial charge in [-0.3, -0.25) is 15.0 Å². The molecule has 4 rings (SSSR count). The molecule has 0 radical (unpaired) electrons. The molecule has 1 saturated heterocycles. The summed E-state index contributed by atoms with van der Waals surface area (Å²) in [7, 11) is 1.55. The highest BCUT2D eigenvalue weighted by Gasteiger charge is 2.33. The summed E-state index contributed by atoms with van der Waals surface area (Å²) >= 11 is 6.45. The van der Waals surface area contributed by atoms with Crippen molar-refractivity contribution in [3.05, 3.63) is 94.4 Å². The third-order valence-electron chi connectivity index (χ3n) is 5.16. The maximum absolute atomic E-state index is 13.0. The second kappa shape index (κ2) is 11.7. The van der Waals surface area contributed by atoms with Crippen LogP contribution >= 0.6 is 24.0 Å². The molecule has 1 heterocycles. The van der Waals surface area contributed by atoms with E-state index in [1.54, 1.807) is 37.5 Å². The van der Waals surface area contributed by atoms with Crippen LogP contribution in [-0.4, -0.2) is 34.9 Å². The van der Waals surface area contributed by atoms with Gasteiger partial charge in [-0.1, -0.05) is 48.2 Å². The topological polar surface area (TPSA) is 77.1 Å². The van der Waals surface area contributed by atoms with Crippen LogP contribution in [0.3, 0.4) is 0 Å². The lowest BCUT2D eigenvalue weighted by atomic mass is 10.1. The minimum absolute atomic E-state index is 0.237. The fourth-order valence-corrected chi connectivity index (χ4v) is 4.54. The molecule has 9 heteroatoms. The summed E-state index contributed by atoms with van der Waals surface area (Å²) < 4.78 is 17.1. The molecule has 1 fully saturated rings. The molecule has 0 bridgehead atoms. The summed E-state index contributed by atoms with van der Waals surface area (Å²) in [5, 5.41) is 1.08. The molecular weight excluding hydrogens is 496 g/mol. The SMILES string of the molecule is CCOc1cc(/C=C2/SC(=S)N(NC(=O)c3ccc(OC)cc3)C2=O)ccc1OCc1ccccc1. The summed E-state index contributed by atoms with van der Waals surface area (Å²) in [4.78, 5) is 26.0.